The zero-order chi connectivity index (χ0) is 13.9. The quantitative estimate of drug-likeness (QED) is 0.651. The summed E-state index contributed by atoms with van der Waals surface area (Å²) in [5.41, 5.74) is 1.01. The molecule has 0 spiro atoms. The molecule has 0 amide bonds. The molecular formula is C14H10Cl2N2OS. The zero-order valence-electron chi connectivity index (χ0n) is 10.3. The molecule has 0 aliphatic heterocycles. The van der Waals surface area contributed by atoms with Crippen LogP contribution in [-0.4, -0.2) is 9.97 Å². The van der Waals surface area contributed by atoms with Crippen LogP contribution in [-0.2, 0) is 18.0 Å². The molecule has 0 saturated heterocycles. The summed E-state index contributed by atoms with van der Waals surface area (Å²) in [6.45, 7) is 0.782. The highest BCUT2D eigenvalue weighted by atomic mass is 35.5. The van der Waals surface area contributed by atoms with Crippen LogP contribution in [0.15, 0.2) is 35.7 Å². The number of hydrogen-bond acceptors (Lipinski definition) is 4. The Morgan fingerprint density at radius 3 is 2.85 bits per heavy atom. The van der Waals surface area contributed by atoms with Crippen molar-refractivity contribution in [2.75, 3.05) is 0 Å². The second-order valence-corrected chi connectivity index (χ2v) is 5.88. The van der Waals surface area contributed by atoms with Crippen LogP contribution in [0.1, 0.15) is 11.4 Å². The smallest absolute Gasteiger partial charge is 0.157 e. The lowest BCUT2D eigenvalue weighted by atomic mass is 10.2. The van der Waals surface area contributed by atoms with Crippen molar-refractivity contribution in [3.63, 3.8) is 0 Å². The van der Waals surface area contributed by atoms with E-state index in [0.29, 0.717) is 29.2 Å². The Morgan fingerprint density at radius 1 is 1.10 bits per heavy atom. The molecule has 102 valence electrons. The van der Waals surface area contributed by atoms with Crippen LogP contribution in [0.3, 0.4) is 0 Å². The van der Waals surface area contributed by atoms with Crippen molar-refractivity contribution in [1.29, 1.82) is 0 Å². The van der Waals surface area contributed by atoms with E-state index in [-0.39, 0.29) is 0 Å². The predicted molar refractivity (Wildman–Crippen MR) is 82.4 cm³/mol. The topological polar surface area (TPSA) is 35.0 Å². The number of nitrogens with zero attached hydrogens (tertiary/aromatic N) is 2. The lowest BCUT2D eigenvalue weighted by Crippen LogP contribution is -1.99. The summed E-state index contributed by atoms with van der Waals surface area (Å²) in [6, 6.07) is 9.48. The normalized spacial score (nSPS) is 11.1. The summed E-state index contributed by atoms with van der Waals surface area (Å²) in [4.78, 5) is 9.53. The van der Waals surface area contributed by atoms with Gasteiger partial charge in [0.25, 0.3) is 0 Å². The van der Waals surface area contributed by atoms with E-state index in [2.05, 4.69) is 9.97 Å². The van der Waals surface area contributed by atoms with Gasteiger partial charge in [-0.1, -0.05) is 35.3 Å². The highest BCUT2D eigenvalue weighted by Gasteiger charge is 2.07. The molecule has 0 unspecified atom stereocenters. The maximum atomic E-state index is 6.10. The summed E-state index contributed by atoms with van der Waals surface area (Å²) < 4.78 is 5.60. The summed E-state index contributed by atoms with van der Waals surface area (Å²) >= 11 is 13.6. The van der Waals surface area contributed by atoms with Gasteiger partial charge in [0, 0.05) is 10.4 Å². The van der Waals surface area contributed by atoms with Crippen molar-refractivity contribution < 1.29 is 4.74 Å². The number of rotatable bonds is 4. The van der Waals surface area contributed by atoms with E-state index >= 15 is 0 Å². The molecule has 0 bridgehead atoms. The van der Waals surface area contributed by atoms with Crippen LogP contribution in [0.25, 0.3) is 10.2 Å². The third kappa shape index (κ3) is 3.10. The van der Waals surface area contributed by atoms with Crippen LogP contribution in [0.2, 0.25) is 10.2 Å². The number of ether oxygens (including phenoxy) is 1. The molecule has 0 aliphatic carbocycles. The third-order valence-electron chi connectivity index (χ3n) is 2.71. The summed E-state index contributed by atoms with van der Waals surface area (Å²) in [7, 11) is 0. The minimum absolute atomic E-state index is 0.320. The molecule has 2 aromatic heterocycles. The lowest BCUT2D eigenvalue weighted by Gasteiger charge is -2.05. The molecule has 1 aromatic carbocycles. The first-order valence-electron chi connectivity index (χ1n) is 5.94. The Balaban J connectivity index is 1.68. The average Bonchev–Trinajstić information content (AvgIpc) is 2.88. The third-order valence-corrected chi connectivity index (χ3v) is 4.04. The largest absolute Gasteiger partial charge is 0.369 e. The Bertz CT molecular complexity index is 745. The van der Waals surface area contributed by atoms with Crippen LogP contribution in [0, 0.1) is 0 Å². The summed E-state index contributed by atoms with van der Waals surface area (Å²) in [5, 5.41) is 4.00. The van der Waals surface area contributed by atoms with Gasteiger partial charge in [0.05, 0.1) is 6.61 Å². The Hall–Kier alpha value is -1.20. The van der Waals surface area contributed by atoms with Gasteiger partial charge in [-0.15, -0.1) is 11.3 Å². The molecule has 0 radical (unpaired) electrons. The van der Waals surface area contributed by atoms with Gasteiger partial charge in [-0.2, -0.15) is 0 Å². The molecule has 3 rings (SSSR count). The van der Waals surface area contributed by atoms with E-state index in [4.69, 9.17) is 27.9 Å². The number of aromatic nitrogens is 2. The Kier molecular flexibility index (Phi) is 4.17. The number of benzene rings is 1. The fourth-order valence-electron chi connectivity index (χ4n) is 1.81. The molecule has 2 heterocycles. The van der Waals surface area contributed by atoms with Crippen molar-refractivity contribution in [2.45, 2.75) is 13.2 Å². The van der Waals surface area contributed by atoms with Crippen molar-refractivity contribution in [1.82, 2.24) is 9.97 Å². The summed E-state index contributed by atoms with van der Waals surface area (Å²) in [5.74, 6) is 0.590. The van der Waals surface area contributed by atoms with Crippen LogP contribution in [0.4, 0.5) is 0 Å². The van der Waals surface area contributed by atoms with Crippen LogP contribution >= 0.6 is 34.5 Å². The predicted octanol–water partition coefficient (Wildman–Crippen LogP) is 4.71. The van der Waals surface area contributed by atoms with E-state index in [0.717, 1.165) is 15.8 Å². The minimum Gasteiger partial charge on any atom is -0.369 e. The summed E-state index contributed by atoms with van der Waals surface area (Å²) in [6.07, 6.45) is 0. The van der Waals surface area contributed by atoms with Crippen molar-refractivity contribution in [2.24, 2.45) is 0 Å². The van der Waals surface area contributed by atoms with Gasteiger partial charge in [-0.05, 0) is 29.1 Å². The number of hydrogen-bond donors (Lipinski definition) is 0. The molecule has 3 aromatic rings. The second kappa shape index (κ2) is 6.06. The molecule has 0 aliphatic rings. The minimum atomic E-state index is 0.320. The highest BCUT2D eigenvalue weighted by molar-refractivity contribution is 7.16. The lowest BCUT2D eigenvalue weighted by molar-refractivity contribution is 0.102. The van der Waals surface area contributed by atoms with Gasteiger partial charge in [0.15, 0.2) is 5.82 Å². The molecule has 6 heteroatoms. The van der Waals surface area contributed by atoms with Crippen molar-refractivity contribution in [3.8, 4) is 0 Å². The molecule has 20 heavy (non-hydrogen) atoms. The van der Waals surface area contributed by atoms with Gasteiger partial charge in [0.2, 0.25) is 0 Å². The number of halogens is 2. The SMILES string of the molecule is Clc1cccc(COCc2nc(Cl)c3ccsc3n2)c1. The van der Waals surface area contributed by atoms with Crippen molar-refractivity contribution in [3.05, 3.63) is 57.3 Å². The van der Waals surface area contributed by atoms with Gasteiger partial charge in [0.1, 0.15) is 16.6 Å². The number of fused-ring (bicyclic) bond motifs is 1. The molecule has 0 N–H and O–H groups in total. The van der Waals surface area contributed by atoms with E-state index in [1.54, 1.807) is 0 Å². The average molecular weight is 325 g/mol. The second-order valence-electron chi connectivity index (χ2n) is 4.19. The standard InChI is InChI=1S/C14H10Cl2N2OS/c15-10-3-1-2-9(6-10)7-19-8-12-17-13(16)11-4-5-20-14(11)18-12/h1-6H,7-8H2. The first-order chi connectivity index (χ1) is 9.72. The first kappa shape index (κ1) is 13.8. The fourth-order valence-corrected chi connectivity index (χ4v) is 3.11. The van der Waals surface area contributed by atoms with E-state index in [1.807, 2.05) is 35.7 Å². The van der Waals surface area contributed by atoms with E-state index in [1.165, 1.54) is 11.3 Å². The molecule has 0 fully saturated rings. The van der Waals surface area contributed by atoms with Gasteiger partial charge >= 0.3 is 0 Å². The number of thiophene rings is 1. The van der Waals surface area contributed by atoms with Crippen molar-refractivity contribution >= 4 is 44.8 Å². The van der Waals surface area contributed by atoms with Crippen LogP contribution < -0.4 is 0 Å². The monoisotopic (exact) mass is 324 g/mol. The van der Waals surface area contributed by atoms with Gasteiger partial charge < -0.3 is 4.74 Å². The highest BCUT2D eigenvalue weighted by Crippen LogP contribution is 2.24. The Labute approximate surface area is 130 Å². The maximum absolute atomic E-state index is 6.10. The zero-order valence-corrected chi connectivity index (χ0v) is 12.7. The van der Waals surface area contributed by atoms with E-state index in [9.17, 15) is 0 Å². The molecule has 0 saturated carbocycles. The fraction of sp³-hybridized carbons (Fsp3) is 0.143. The molecule has 0 atom stereocenters. The van der Waals surface area contributed by atoms with Crippen LogP contribution in [0.5, 0.6) is 0 Å². The van der Waals surface area contributed by atoms with E-state index < -0.39 is 0 Å². The Morgan fingerprint density at radius 2 is 2.00 bits per heavy atom. The van der Waals surface area contributed by atoms with Gasteiger partial charge in [-0.3, -0.25) is 0 Å². The first-order valence-corrected chi connectivity index (χ1v) is 7.58. The molecular weight excluding hydrogens is 315 g/mol. The van der Waals surface area contributed by atoms with Gasteiger partial charge in [-0.25, -0.2) is 9.97 Å². The molecule has 3 nitrogen and oxygen atoms in total. The maximum Gasteiger partial charge on any atom is 0.157 e.